The Morgan fingerprint density at radius 1 is 1.30 bits per heavy atom. The minimum Gasteiger partial charge on any atom is -0.495 e. The molecule has 3 heterocycles. The second kappa shape index (κ2) is 8.16. The van der Waals surface area contributed by atoms with Crippen molar-refractivity contribution in [3.05, 3.63) is 66.5 Å². The second-order valence-corrected chi connectivity index (χ2v) is 6.54. The zero-order valence-electron chi connectivity index (χ0n) is 16.5. The molecule has 1 atom stereocenters. The standard InChI is InChI=1S/C21H19N5O4/c1-23-20(27)18-7-3-13(11-26(18)22)21-25-17-9-15(6-8-19(17)30-21)29-12-14-4-5-16(28-2)10-24-14/h3-11,18,22H,12H2,1-2H3/p+1. The number of hydrogen-bond donors (Lipinski definition) is 2. The maximum atomic E-state index is 11.8. The number of aromatic nitrogens is 2. The Hall–Kier alpha value is -4.01. The maximum Gasteiger partial charge on any atom is 0.295 e. The Kier molecular flexibility index (Phi) is 5.25. The summed E-state index contributed by atoms with van der Waals surface area (Å²) in [7, 11) is 3.13. The van der Waals surface area contributed by atoms with Gasteiger partial charge in [0.2, 0.25) is 12.1 Å². The van der Waals surface area contributed by atoms with Gasteiger partial charge in [0.05, 0.1) is 19.0 Å². The summed E-state index contributed by atoms with van der Waals surface area (Å²) < 4.78 is 17.8. The number of ether oxygens (including phenoxy) is 2. The van der Waals surface area contributed by atoms with E-state index in [1.807, 2.05) is 12.1 Å². The van der Waals surface area contributed by atoms with Crippen LogP contribution >= 0.6 is 0 Å². The first-order chi connectivity index (χ1) is 14.6. The number of pyridine rings is 1. The summed E-state index contributed by atoms with van der Waals surface area (Å²) in [5, 5.41) is 2.53. The Bertz CT molecular complexity index is 1160. The van der Waals surface area contributed by atoms with E-state index in [4.69, 9.17) is 19.4 Å². The van der Waals surface area contributed by atoms with Gasteiger partial charge in [0.1, 0.15) is 29.2 Å². The number of fused-ring (bicyclic) bond motifs is 1. The van der Waals surface area contributed by atoms with Crippen LogP contribution in [0.15, 0.2) is 59.3 Å². The minimum atomic E-state index is -0.685. The number of amides is 1. The molecule has 2 N–H and O–H groups in total. The van der Waals surface area contributed by atoms with Gasteiger partial charge in [-0.1, -0.05) is 10.2 Å². The Morgan fingerprint density at radius 3 is 2.83 bits per heavy atom. The summed E-state index contributed by atoms with van der Waals surface area (Å²) in [5.41, 5.74) is 10.6. The molecule has 1 aliphatic rings. The molecule has 0 radical (unpaired) electrons. The summed E-state index contributed by atoms with van der Waals surface area (Å²) >= 11 is 0. The average Bonchev–Trinajstić information content (AvgIpc) is 3.21. The fraction of sp³-hybridized carbons (Fsp3) is 0.190. The number of carbonyl (C=O) groups is 1. The number of hydrogen-bond acceptors (Lipinski definition) is 7. The number of nitrogens with one attached hydrogen (secondary N) is 2. The van der Waals surface area contributed by atoms with Gasteiger partial charge in [-0.25, -0.2) is 4.98 Å². The van der Waals surface area contributed by atoms with Gasteiger partial charge in [-0.15, -0.1) is 0 Å². The zero-order chi connectivity index (χ0) is 21.1. The molecule has 0 saturated carbocycles. The molecule has 9 heteroatoms. The minimum absolute atomic E-state index is 0.262. The molecule has 0 bridgehead atoms. The van der Waals surface area contributed by atoms with Crippen molar-refractivity contribution in [2.24, 2.45) is 0 Å². The normalized spacial score (nSPS) is 15.7. The van der Waals surface area contributed by atoms with Gasteiger partial charge in [0.15, 0.2) is 5.58 Å². The Balaban J connectivity index is 1.49. The molecular weight excluding hydrogens is 386 g/mol. The van der Waals surface area contributed by atoms with Crippen molar-refractivity contribution >= 4 is 22.6 Å². The van der Waals surface area contributed by atoms with Crippen molar-refractivity contribution in [1.82, 2.24) is 15.3 Å². The van der Waals surface area contributed by atoms with E-state index in [2.05, 4.69) is 15.3 Å². The smallest absolute Gasteiger partial charge is 0.295 e. The highest BCUT2D eigenvalue weighted by molar-refractivity contribution is 5.84. The van der Waals surface area contributed by atoms with E-state index in [0.29, 0.717) is 40.7 Å². The van der Waals surface area contributed by atoms with Crippen molar-refractivity contribution in [1.29, 1.82) is 5.53 Å². The van der Waals surface area contributed by atoms with E-state index < -0.39 is 6.04 Å². The summed E-state index contributed by atoms with van der Waals surface area (Å²) in [4.78, 5) is 20.5. The quantitative estimate of drug-likeness (QED) is 0.609. The largest absolute Gasteiger partial charge is 0.495 e. The van der Waals surface area contributed by atoms with Gasteiger partial charge in [-0.05, 0) is 36.4 Å². The lowest BCUT2D eigenvalue weighted by Gasteiger charge is -2.08. The summed E-state index contributed by atoms with van der Waals surface area (Å²) in [5.74, 6) is 1.43. The Morgan fingerprint density at radius 2 is 2.13 bits per heavy atom. The lowest BCUT2D eigenvalue weighted by Crippen LogP contribution is -2.37. The van der Waals surface area contributed by atoms with Gasteiger partial charge in [-0.2, -0.15) is 0 Å². The van der Waals surface area contributed by atoms with Crippen molar-refractivity contribution in [2.45, 2.75) is 12.6 Å². The van der Waals surface area contributed by atoms with Crippen LogP contribution in [0.2, 0.25) is 0 Å². The van der Waals surface area contributed by atoms with Crippen LogP contribution in [0.3, 0.4) is 0 Å². The van der Waals surface area contributed by atoms with Crippen LogP contribution in [0.1, 0.15) is 11.6 Å². The number of allylic oxidation sites excluding steroid dienone is 2. The van der Waals surface area contributed by atoms with Crippen LogP contribution < -0.4 is 14.8 Å². The third kappa shape index (κ3) is 3.90. The van der Waals surface area contributed by atoms with Crippen LogP contribution in [0.4, 0.5) is 0 Å². The second-order valence-electron chi connectivity index (χ2n) is 6.54. The number of carbonyl (C=O) groups excluding carboxylic acids is 1. The van der Waals surface area contributed by atoms with Crippen molar-refractivity contribution in [2.75, 3.05) is 14.2 Å². The first-order valence-electron chi connectivity index (χ1n) is 9.21. The van der Waals surface area contributed by atoms with Gasteiger partial charge in [-0.3, -0.25) is 9.78 Å². The van der Waals surface area contributed by atoms with Crippen molar-refractivity contribution in [3.63, 3.8) is 0 Å². The number of benzene rings is 1. The molecule has 1 unspecified atom stereocenters. The third-order valence-electron chi connectivity index (χ3n) is 4.58. The van der Waals surface area contributed by atoms with Crippen LogP contribution in [0, 0.1) is 5.53 Å². The first-order valence-corrected chi connectivity index (χ1v) is 9.21. The molecule has 0 saturated heterocycles. The van der Waals surface area contributed by atoms with Crippen molar-refractivity contribution < 1.29 is 23.4 Å². The molecule has 9 nitrogen and oxygen atoms in total. The van der Waals surface area contributed by atoms with E-state index in [-0.39, 0.29) is 5.91 Å². The summed E-state index contributed by atoms with van der Waals surface area (Å²) in [6, 6.07) is 8.34. The van der Waals surface area contributed by atoms with Gasteiger partial charge in [0.25, 0.3) is 11.9 Å². The molecule has 2 aromatic heterocycles. The van der Waals surface area contributed by atoms with Crippen molar-refractivity contribution in [3.8, 4) is 11.5 Å². The molecular formula is C21H20N5O4+. The highest BCUT2D eigenvalue weighted by Gasteiger charge is 2.30. The van der Waals surface area contributed by atoms with E-state index in [0.717, 1.165) is 10.4 Å². The molecule has 1 aliphatic heterocycles. The summed E-state index contributed by atoms with van der Waals surface area (Å²) in [6.07, 6.45) is 6.51. The molecule has 1 amide bonds. The SMILES string of the molecule is CNC(=O)C1C=CC(c2nc3cc(OCc4ccc(OC)cn4)ccc3o2)=C[N+]1=N. The van der Waals surface area contributed by atoms with Crippen LogP contribution in [-0.4, -0.2) is 40.8 Å². The number of likely N-dealkylation sites (N-methyl/N-ethyl adjacent to an activating group) is 1. The fourth-order valence-corrected chi connectivity index (χ4v) is 2.94. The molecule has 0 spiro atoms. The zero-order valence-corrected chi connectivity index (χ0v) is 16.5. The lowest BCUT2D eigenvalue weighted by atomic mass is 10.1. The van der Waals surface area contributed by atoms with Crippen LogP contribution in [0.25, 0.3) is 16.7 Å². The lowest BCUT2D eigenvalue weighted by molar-refractivity contribution is -0.564. The monoisotopic (exact) mass is 406 g/mol. The predicted octanol–water partition coefficient (Wildman–Crippen LogP) is 2.88. The molecule has 4 rings (SSSR count). The molecule has 0 aliphatic carbocycles. The number of oxazole rings is 1. The average molecular weight is 406 g/mol. The van der Waals surface area contributed by atoms with E-state index in [9.17, 15) is 4.79 Å². The molecule has 0 fully saturated rings. The molecule has 3 aromatic rings. The van der Waals surface area contributed by atoms with E-state index in [1.165, 1.54) is 13.2 Å². The fourth-order valence-electron chi connectivity index (χ4n) is 2.94. The highest BCUT2D eigenvalue weighted by atomic mass is 16.5. The molecule has 152 valence electrons. The van der Waals surface area contributed by atoms with Gasteiger partial charge < -0.3 is 19.2 Å². The van der Waals surface area contributed by atoms with Crippen LogP contribution in [-0.2, 0) is 11.4 Å². The van der Waals surface area contributed by atoms with E-state index in [1.54, 1.807) is 43.7 Å². The number of nitrogens with zero attached hydrogens (tertiary/aromatic N) is 3. The topological polar surface area (TPSA) is 113 Å². The van der Waals surface area contributed by atoms with Gasteiger partial charge >= 0.3 is 0 Å². The molecule has 1 aromatic carbocycles. The van der Waals surface area contributed by atoms with Crippen LogP contribution in [0.5, 0.6) is 11.5 Å². The number of rotatable bonds is 6. The maximum absolute atomic E-state index is 11.8. The van der Waals surface area contributed by atoms with Gasteiger partial charge in [0, 0.05) is 13.1 Å². The number of methoxy groups -OCH3 is 1. The highest BCUT2D eigenvalue weighted by Crippen LogP contribution is 2.27. The first kappa shape index (κ1) is 19.3. The van der Waals surface area contributed by atoms with E-state index >= 15 is 0 Å². The summed E-state index contributed by atoms with van der Waals surface area (Å²) in [6.45, 7) is 0.308. The predicted molar refractivity (Wildman–Crippen MR) is 107 cm³/mol. The Labute approximate surface area is 172 Å². The third-order valence-corrected chi connectivity index (χ3v) is 4.58. The molecule has 30 heavy (non-hydrogen) atoms.